The van der Waals surface area contributed by atoms with Crippen LogP contribution in [0.15, 0.2) is 29.4 Å². The summed E-state index contributed by atoms with van der Waals surface area (Å²) in [5, 5.41) is 0.523. The minimum absolute atomic E-state index is 0.0557. The van der Waals surface area contributed by atoms with Gasteiger partial charge >= 0.3 is 10.3 Å². The molecule has 0 aliphatic rings. The maximum absolute atomic E-state index is 11.5. The van der Waals surface area contributed by atoms with Gasteiger partial charge in [0, 0.05) is 0 Å². The summed E-state index contributed by atoms with van der Waals surface area (Å²) in [6.07, 6.45) is 0.602. The van der Waals surface area contributed by atoms with Crippen molar-refractivity contribution in [2.75, 3.05) is 6.61 Å². The van der Waals surface area contributed by atoms with E-state index in [4.69, 9.17) is 12.2 Å². The van der Waals surface area contributed by atoms with E-state index in [1.807, 2.05) is 31.2 Å². The number of thioether (sulfide) groups is 1. The van der Waals surface area contributed by atoms with E-state index in [2.05, 4.69) is 18.9 Å². The Balaban J connectivity index is 2.01. The second kappa shape index (κ2) is 6.53. The number of rotatable bonds is 5. The van der Waals surface area contributed by atoms with Crippen molar-refractivity contribution >= 4 is 49.6 Å². The fraction of sp³-hybridized carbons (Fsp3) is 0.273. The fourth-order valence-electron chi connectivity index (χ4n) is 1.41. The quantitative estimate of drug-likeness (QED) is 0.645. The number of nitrogens with zero attached hydrogens (tertiary/aromatic N) is 1. The lowest BCUT2D eigenvalue weighted by Gasteiger charge is -2.06. The Bertz CT molecular complexity index is 679. The van der Waals surface area contributed by atoms with Crippen LogP contribution in [0.5, 0.6) is 0 Å². The highest BCUT2D eigenvalue weighted by Gasteiger charge is 2.14. The van der Waals surface area contributed by atoms with Crippen molar-refractivity contribution in [3.05, 3.63) is 24.3 Å². The lowest BCUT2D eigenvalue weighted by atomic mass is 10.3. The van der Waals surface area contributed by atoms with Gasteiger partial charge in [-0.15, -0.1) is 0 Å². The van der Waals surface area contributed by atoms with Crippen molar-refractivity contribution in [3.63, 3.8) is 0 Å². The second-order valence-electron chi connectivity index (χ2n) is 3.83. The molecule has 2 N–H and O–H groups in total. The maximum Gasteiger partial charge on any atom is 0.361 e. The van der Waals surface area contributed by atoms with Gasteiger partial charge in [0.05, 0.1) is 17.6 Å². The van der Waals surface area contributed by atoms with E-state index in [9.17, 15) is 8.42 Å². The van der Waals surface area contributed by atoms with E-state index < -0.39 is 10.3 Å². The number of aromatic amines is 1. The Labute approximate surface area is 126 Å². The number of benzene rings is 1. The molecule has 0 aliphatic heterocycles. The first-order valence-corrected chi connectivity index (χ1v) is 8.47. The number of imidazole rings is 1. The summed E-state index contributed by atoms with van der Waals surface area (Å²) in [5.41, 5.74) is 1.66. The predicted octanol–water partition coefficient (Wildman–Crippen LogP) is 2.20. The van der Waals surface area contributed by atoms with E-state index in [-0.39, 0.29) is 10.9 Å². The van der Waals surface area contributed by atoms with Crippen LogP contribution in [-0.2, 0) is 14.5 Å². The molecule has 0 spiro atoms. The number of hydrogen-bond donors (Lipinski definition) is 2. The molecule has 1 heterocycles. The zero-order valence-electron chi connectivity index (χ0n) is 10.6. The highest BCUT2D eigenvalue weighted by Crippen LogP contribution is 2.20. The van der Waals surface area contributed by atoms with Crippen molar-refractivity contribution in [1.29, 1.82) is 0 Å². The molecule has 0 bridgehead atoms. The highest BCUT2D eigenvalue weighted by molar-refractivity contribution is 8.23. The molecule has 0 saturated carbocycles. The summed E-state index contributed by atoms with van der Waals surface area (Å²) in [5.74, 6) is 0. The van der Waals surface area contributed by atoms with E-state index in [0.29, 0.717) is 11.6 Å². The van der Waals surface area contributed by atoms with Crippen molar-refractivity contribution in [3.8, 4) is 0 Å². The molecular weight excluding hydrogens is 318 g/mol. The van der Waals surface area contributed by atoms with E-state index in [0.717, 1.165) is 22.8 Å². The third-order valence-corrected chi connectivity index (χ3v) is 4.42. The van der Waals surface area contributed by atoms with Gasteiger partial charge in [-0.3, -0.25) is 4.18 Å². The number of para-hydroxylation sites is 2. The summed E-state index contributed by atoms with van der Waals surface area (Å²) < 4.78 is 29.9. The Kier molecular flexibility index (Phi) is 4.97. The first-order chi connectivity index (χ1) is 9.50. The van der Waals surface area contributed by atoms with Gasteiger partial charge in [0.1, 0.15) is 0 Å². The van der Waals surface area contributed by atoms with Crippen LogP contribution in [0.3, 0.4) is 0 Å². The topological polar surface area (TPSA) is 84.1 Å². The summed E-state index contributed by atoms with van der Waals surface area (Å²) >= 11 is 6.00. The lowest BCUT2D eigenvalue weighted by molar-refractivity contribution is 0.315. The molecule has 1 aromatic heterocycles. The van der Waals surface area contributed by atoms with Gasteiger partial charge < -0.3 is 4.98 Å². The minimum atomic E-state index is -3.85. The van der Waals surface area contributed by atoms with Crippen LogP contribution < -0.4 is 4.72 Å². The highest BCUT2D eigenvalue weighted by atomic mass is 32.2. The van der Waals surface area contributed by atoms with Gasteiger partial charge in [-0.2, -0.15) is 8.42 Å². The van der Waals surface area contributed by atoms with E-state index in [1.54, 1.807) is 0 Å². The van der Waals surface area contributed by atoms with E-state index >= 15 is 0 Å². The van der Waals surface area contributed by atoms with Gasteiger partial charge in [-0.1, -0.05) is 31.3 Å². The molecule has 0 amide bonds. The molecule has 0 radical (unpaired) electrons. The van der Waals surface area contributed by atoms with Crippen molar-refractivity contribution in [1.82, 2.24) is 14.7 Å². The molecule has 0 unspecified atom stereocenters. The summed E-state index contributed by atoms with van der Waals surface area (Å²) in [6, 6.07) is 7.49. The molecule has 2 rings (SSSR count). The number of nitrogens with one attached hydrogen (secondary N) is 2. The summed E-state index contributed by atoms with van der Waals surface area (Å²) in [7, 11) is -3.85. The average molecular weight is 331 g/mol. The number of thiocarbonyl (C=S) groups is 1. The van der Waals surface area contributed by atoms with Crippen molar-refractivity contribution < 1.29 is 12.6 Å². The van der Waals surface area contributed by atoms with Gasteiger partial charge in [0.25, 0.3) is 0 Å². The molecule has 2 aromatic rings. The summed E-state index contributed by atoms with van der Waals surface area (Å²) in [6.45, 7) is 1.93. The van der Waals surface area contributed by atoms with Crippen LogP contribution in [0.2, 0.25) is 0 Å². The monoisotopic (exact) mass is 331 g/mol. The van der Waals surface area contributed by atoms with Crippen LogP contribution in [-0.4, -0.2) is 29.3 Å². The van der Waals surface area contributed by atoms with Gasteiger partial charge in [-0.05, 0) is 30.3 Å². The van der Waals surface area contributed by atoms with Gasteiger partial charge in [0.2, 0.25) is 0 Å². The van der Waals surface area contributed by atoms with Crippen molar-refractivity contribution in [2.45, 2.75) is 18.5 Å². The summed E-state index contributed by atoms with van der Waals surface area (Å²) in [4.78, 5) is 7.33. The number of hydrogen-bond acceptors (Lipinski definition) is 6. The van der Waals surface area contributed by atoms with Gasteiger partial charge in [0.15, 0.2) is 9.48 Å². The van der Waals surface area contributed by atoms with Crippen LogP contribution in [0, 0.1) is 0 Å². The Morgan fingerprint density at radius 3 is 2.95 bits per heavy atom. The second-order valence-corrected chi connectivity index (χ2v) is 6.84. The Hall–Kier alpha value is -1.16. The molecule has 20 heavy (non-hydrogen) atoms. The number of aromatic nitrogens is 2. The van der Waals surface area contributed by atoms with Crippen LogP contribution >= 0.6 is 24.0 Å². The molecule has 108 valence electrons. The fourth-order valence-corrected chi connectivity index (χ4v) is 3.56. The average Bonchev–Trinajstić information content (AvgIpc) is 2.77. The molecule has 1 aromatic carbocycles. The van der Waals surface area contributed by atoms with Crippen LogP contribution in [0.4, 0.5) is 0 Å². The first-order valence-electron chi connectivity index (χ1n) is 5.84. The number of H-pyrrole nitrogens is 1. The zero-order valence-corrected chi connectivity index (χ0v) is 13.1. The molecule has 0 fully saturated rings. The molecule has 6 nitrogen and oxygen atoms in total. The minimum Gasteiger partial charge on any atom is -0.333 e. The zero-order chi connectivity index (χ0) is 14.6. The largest absolute Gasteiger partial charge is 0.361 e. The Morgan fingerprint density at radius 2 is 2.25 bits per heavy atom. The predicted molar refractivity (Wildman–Crippen MR) is 82.8 cm³/mol. The maximum atomic E-state index is 11.5. The molecule has 0 atom stereocenters. The Morgan fingerprint density at radius 1 is 1.50 bits per heavy atom. The van der Waals surface area contributed by atoms with Crippen molar-refractivity contribution in [2.24, 2.45) is 0 Å². The van der Waals surface area contributed by atoms with Crippen LogP contribution in [0.25, 0.3) is 11.0 Å². The standard InChI is InChI=1S/C11H13N3O3S3/c1-2-7-17-20(15,16)14-11(18)19-10-12-8-5-3-4-6-9(8)13-10/h3-6H,2,7H2,1H3,(H,12,13)(H,14,18). The van der Waals surface area contributed by atoms with Crippen LogP contribution in [0.1, 0.15) is 13.3 Å². The molecule has 9 heteroatoms. The van der Waals surface area contributed by atoms with E-state index in [1.165, 1.54) is 0 Å². The smallest absolute Gasteiger partial charge is 0.333 e. The third-order valence-electron chi connectivity index (χ3n) is 2.21. The molecular formula is C11H13N3O3S3. The third kappa shape index (κ3) is 4.17. The molecule has 0 saturated heterocycles. The van der Waals surface area contributed by atoms with Gasteiger partial charge in [-0.25, -0.2) is 9.71 Å². The lowest BCUT2D eigenvalue weighted by Crippen LogP contribution is -2.29. The molecule has 0 aliphatic carbocycles. The SMILES string of the molecule is CCCOS(=O)(=O)NC(=S)Sc1nc2ccccc2[nH]1. The number of fused-ring (bicyclic) bond motifs is 1. The first kappa shape index (κ1) is 15.2. The normalized spacial score (nSPS) is 11.7.